The topological polar surface area (TPSA) is 62.5 Å². The minimum Gasteiger partial charge on any atom is -0.358 e. The lowest BCUT2D eigenvalue weighted by atomic mass is 10.2. The van der Waals surface area contributed by atoms with Crippen molar-refractivity contribution in [1.82, 2.24) is 20.0 Å². The molecule has 0 aliphatic carbocycles. The van der Waals surface area contributed by atoms with E-state index in [1.54, 1.807) is 23.0 Å². The highest BCUT2D eigenvalue weighted by atomic mass is 35.5. The molecule has 138 valence electrons. The summed E-state index contributed by atoms with van der Waals surface area (Å²) in [4.78, 5) is 19.4. The summed E-state index contributed by atoms with van der Waals surface area (Å²) < 4.78 is 2.40. The average molecular weight is 400 g/mol. The van der Waals surface area contributed by atoms with E-state index in [2.05, 4.69) is 39.5 Å². The van der Waals surface area contributed by atoms with E-state index >= 15 is 0 Å². The minimum atomic E-state index is -0.134. The molecule has 1 aromatic carbocycles. The van der Waals surface area contributed by atoms with Crippen molar-refractivity contribution < 1.29 is 4.79 Å². The predicted octanol–water partition coefficient (Wildman–Crippen LogP) is 3.21. The van der Waals surface area contributed by atoms with Crippen LogP contribution in [0.3, 0.4) is 0 Å². The largest absolute Gasteiger partial charge is 0.358 e. The Labute approximate surface area is 166 Å². The number of amidine groups is 1. The van der Waals surface area contributed by atoms with Gasteiger partial charge in [-0.3, -0.25) is 9.79 Å². The van der Waals surface area contributed by atoms with Crippen LogP contribution in [0, 0.1) is 0 Å². The fourth-order valence-electron chi connectivity index (χ4n) is 2.91. The average Bonchev–Trinajstić information content (AvgIpc) is 3.41. The van der Waals surface area contributed by atoms with Gasteiger partial charge in [0, 0.05) is 37.5 Å². The third-order valence-electron chi connectivity index (χ3n) is 4.33. The van der Waals surface area contributed by atoms with Crippen molar-refractivity contribution in [3.63, 3.8) is 0 Å². The number of nitrogens with one attached hydrogen (secondary N) is 1. The molecule has 0 bridgehead atoms. The third-order valence-corrected chi connectivity index (χ3v) is 5.56. The highest BCUT2D eigenvalue weighted by Gasteiger charge is 2.14. The number of aliphatic imine (C=N–C) groups is 1. The van der Waals surface area contributed by atoms with Crippen molar-refractivity contribution in [2.45, 2.75) is 6.54 Å². The number of rotatable bonds is 5. The van der Waals surface area contributed by atoms with Crippen LogP contribution in [0.2, 0.25) is 4.34 Å². The van der Waals surface area contributed by atoms with Crippen LogP contribution in [0.25, 0.3) is 5.69 Å². The van der Waals surface area contributed by atoms with Crippen LogP contribution in [0.5, 0.6) is 0 Å². The lowest BCUT2D eigenvalue weighted by Crippen LogP contribution is -2.23. The fourth-order valence-corrected chi connectivity index (χ4v) is 3.87. The Balaban J connectivity index is 1.41. The quantitative estimate of drug-likeness (QED) is 0.716. The number of halogens is 1. The molecule has 1 N–H and O–H groups in total. The van der Waals surface area contributed by atoms with Gasteiger partial charge in [-0.15, -0.1) is 11.3 Å². The first-order chi connectivity index (χ1) is 13.1. The van der Waals surface area contributed by atoms with E-state index in [1.165, 1.54) is 11.3 Å². The van der Waals surface area contributed by atoms with Crippen LogP contribution in [-0.2, 0) is 6.54 Å². The maximum atomic E-state index is 12.1. The van der Waals surface area contributed by atoms with Crippen LogP contribution in [0.4, 0.5) is 0 Å². The standard InChI is InChI=1S/C19H18ClN5OS/c1-24-9-8-21-18(24)14-2-4-15(5-3-14)25-12-13(11-23-25)10-22-19(26)16-6-7-17(20)27-16/h2-7,11-12H,8-10H2,1H3,(H,22,26). The van der Waals surface area contributed by atoms with Gasteiger partial charge < -0.3 is 10.2 Å². The fraction of sp³-hybridized carbons (Fsp3) is 0.211. The van der Waals surface area contributed by atoms with Gasteiger partial charge in [0.25, 0.3) is 5.91 Å². The summed E-state index contributed by atoms with van der Waals surface area (Å²) in [6.45, 7) is 2.22. The lowest BCUT2D eigenvalue weighted by Gasteiger charge is -2.13. The molecule has 1 amide bonds. The van der Waals surface area contributed by atoms with E-state index in [0.29, 0.717) is 15.8 Å². The predicted molar refractivity (Wildman–Crippen MR) is 108 cm³/mol. The molecule has 0 saturated carbocycles. The van der Waals surface area contributed by atoms with Gasteiger partial charge in [-0.25, -0.2) is 4.68 Å². The summed E-state index contributed by atoms with van der Waals surface area (Å²) in [5.74, 6) is 0.893. The first kappa shape index (κ1) is 17.8. The van der Waals surface area contributed by atoms with Gasteiger partial charge in [0.1, 0.15) is 5.84 Å². The summed E-state index contributed by atoms with van der Waals surface area (Å²) >= 11 is 7.13. The van der Waals surface area contributed by atoms with Gasteiger partial charge in [0.15, 0.2) is 0 Å². The molecule has 1 aliphatic rings. The van der Waals surface area contributed by atoms with Crippen LogP contribution in [-0.4, -0.2) is 46.6 Å². The van der Waals surface area contributed by atoms with Crippen LogP contribution in [0.1, 0.15) is 20.8 Å². The van der Waals surface area contributed by atoms with Gasteiger partial charge in [-0.2, -0.15) is 5.10 Å². The number of hydrogen-bond donors (Lipinski definition) is 1. The molecule has 1 aliphatic heterocycles. The normalized spacial score (nSPS) is 13.7. The zero-order chi connectivity index (χ0) is 18.8. The monoisotopic (exact) mass is 399 g/mol. The molecule has 0 spiro atoms. The molecule has 6 nitrogen and oxygen atoms in total. The lowest BCUT2D eigenvalue weighted by molar-refractivity contribution is 0.0955. The molecule has 27 heavy (non-hydrogen) atoms. The molecule has 0 saturated heterocycles. The molecule has 0 atom stereocenters. The maximum Gasteiger partial charge on any atom is 0.261 e. The SMILES string of the molecule is CN1CCN=C1c1ccc(-n2cc(CNC(=O)c3ccc(Cl)s3)cn2)cc1. The Morgan fingerprint density at radius 2 is 2.07 bits per heavy atom. The number of hydrogen-bond acceptors (Lipinski definition) is 5. The summed E-state index contributed by atoms with van der Waals surface area (Å²) in [6, 6.07) is 11.6. The zero-order valence-corrected chi connectivity index (χ0v) is 16.3. The van der Waals surface area contributed by atoms with Crippen molar-refractivity contribution >= 4 is 34.7 Å². The minimum absolute atomic E-state index is 0.134. The number of amides is 1. The second-order valence-electron chi connectivity index (χ2n) is 6.25. The first-order valence-corrected chi connectivity index (χ1v) is 9.73. The first-order valence-electron chi connectivity index (χ1n) is 8.53. The van der Waals surface area contributed by atoms with E-state index in [9.17, 15) is 4.79 Å². The maximum absolute atomic E-state index is 12.1. The number of nitrogens with zero attached hydrogens (tertiary/aromatic N) is 4. The third kappa shape index (κ3) is 3.89. The van der Waals surface area contributed by atoms with Crippen molar-refractivity contribution in [2.24, 2.45) is 4.99 Å². The van der Waals surface area contributed by atoms with E-state index in [1.807, 2.05) is 18.3 Å². The molecule has 3 aromatic rings. The highest BCUT2D eigenvalue weighted by molar-refractivity contribution is 7.17. The Hall–Kier alpha value is -2.64. The Morgan fingerprint density at radius 1 is 1.26 bits per heavy atom. The van der Waals surface area contributed by atoms with E-state index in [-0.39, 0.29) is 5.91 Å². The summed E-state index contributed by atoms with van der Waals surface area (Å²) in [6.07, 6.45) is 3.67. The van der Waals surface area contributed by atoms with Gasteiger partial charge >= 0.3 is 0 Å². The number of carbonyl (C=O) groups excluding carboxylic acids is 1. The highest BCUT2D eigenvalue weighted by Crippen LogP contribution is 2.21. The number of aromatic nitrogens is 2. The summed E-state index contributed by atoms with van der Waals surface area (Å²) in [7, 11) is 2.05. The van der Waals surface area contributed by atoms with Gasteiger partial charge in [-0.05, 0) is 36.4 Å². The molecule has 2 aromatic heterocycles. The Bertz CT molecular complexity index is 992. The molecule has 0 fully saturated rings. The van der Waals surface area contributed by atoms with E-state index in [0.717, 1.165) is 35.7 Å². The second-order valence-corrected chi connectivity index (χ2v) is 7.97. The van der Waals surface area contributed by atoms with Crippen molar-refractivity contribution in [3.05, 3.63) is 69.1 Å². The van der Waals surface area contributed by atoms with Crippen molar-refractivity contribution in [1.29, 1.82) is 0 Å². The van der Waals surface area contributed by atoms with Crippen LogP contribution < -0.4 is 5.32 Å². The molecule has 4 rings (SSSR count). The van der Waals surface area contributed by atoms with Crippen molar-refractivity contribution in [2.75, 3.05) is 20.1 Å². The van der Waals surface area contributed by atoms with Crippen LogP contribution >= 0.6 is 22.9 Å². The molecular weight excluding hydrogens is 382 g/mol. The molecule has 0 radical (unpaired) electrons. The Morgan fingerprint density at radius 3 is 2.74 bits per heavy atom. The number of thiophene rings is 1. The number of benzene rings is 1. The van der Waals surface area contributed by atoms with Gasteiger partial charge in [0.05, 0.1) is 27.6 Å². The molecule has 0 unspecified atom stereocenters. The Kier molecular flexibility index (Phi) is 4.96. The summed E-state index contributed by atoms with van der Waals surface area (Å²) in [5.41, 5.74) is 2.99. The van der Waals surface area contributed by atoms with Gasteiger partial charge in [0.2, 0.25) is 0 Å². The summed E-state index contributed by atoms with van der Waals surface area (Å²) in [5, 5.41) is 7.27. The number of carbonyl (C=O) groups is 1. The van der Waals surface area contributed by atoms with Crippen molar-refractivity contribution in [3.8, 4) is 5.69 Å². The molecule has 8 heteroatoms. The molecule has 3 heterocycles. The van der Waals surface area contributed by atoms with E-state index < -0.39 is 0 Å². The second kappa shape index (κ2) is 7.54. The van der Waals surface area contributed by atoms with Gasteiger partial charge in [-0.1, -0.05) is 11.6 Å². The van der Waals surface area contributed by atoms with Crippen LogP contribution in [0.15, 0.2) is 53.8 Å². The molecular formula is C19H18ClN5OS. The van der Waals surface area contributed by atoms with E-state index in [4.69, 9.17) is 11.6 Å². The number of likely N-dealkylation sites (N-methyl/N-ethyl adjacent to an activating group) is 1. The smallest absolute Gasteiger partial charge is 0.261 e. The zero-order valence-electron chi connectivity index (χ0n) is 14.7.